The Labute approximate surface area is 252 Å². The maximum absolute atomic E-state index is 15.6. The van der Waals surface area contributed by atoms with E-state index in [2.05, 4.69) is 36.4 Å². The number of hydrogen-bond donors (Lipinski definition) is 0. The first-order valence-electron chi connectivity index (χ1n) is 14.3. The Morgan fingerprint density at radius 1 is 0.326 bits per heavy atom. The predicted molar refractivity (Wildman–Crippen MR) is 179 cm³/mol. The minimum atomic E-state index is -0.168. The van der Waals surface area contributed by atoms with E-state index < -0.39 is 0 Å². The molecule has 0 amide bonds. The quantitative estimate of drug-likeness (QED) is 0.133. The van der Waals surface area contributed by atoms with Crippen LogP contribution in [0.25, 0.3) is 84.6 Å². The molecule has 0 aliphatic heterocycles. The first kappa shape index (κ1) is 24.7. The molecule has 0 aliphatic rings. The van der Waals surface area contributed by atoms with Gasteiger partial charge in [-0.3, -0.25) is 0 Å². The first-order chi connectivity index (χ1) is 21.2. The molecule has 9 aromatic rings. The molecule has 9 rings (SSSR count). The molecule has 0 nitrogen and oxygen atoms in total. The van der Waals surface area contributed by atoms with Crippen LogP contribution < -0.4 is 0 Å². The third kappa shape index (κ3) is 3.59. The van der Waals surface area contributed by atoms with Crippen LogP contribution in [0.1, 0.15) is 0 Å². The van der Waals surface area contributed by atoms with Gasteiger partial charge in [-0.1, -0.05) is 0 Å². The fourth-order valence-electron chi connectivity index (χ4n) is 6.86. The Bertz CT molecular complexity index is 2480. The summed E-state index contributed by atoms with van der Waals surface area (Å²) < 4.78 is 33.8. The van der Waals surface area contributed by atoms with Crippen LogP contribution >= 0.6 is 0 Å². The van der Waals surface area contributed by atoms with Crippen molar-refractivity contribution in [3.05, 3.63) is 145 Å². The van der Waals surface area contributed by atoms with Crippen LogP contribution in [0.5, 0.6) is 0 Å². The Balaban J connectivity index is 1.29. The topological polar surface area (TPSA) is 0 Å². The molecular formula is C40H22F2Se. The van der Waals surface area contributed by atoms with Crippen molar-refractivity contribution in [2.24, 2.45) is 0 Å². The molecule has 0 bridgehead atoms. The van der Waals surface area contributed by atoms with E-state index >= 15 is 8.78 Å². The van der Waals surface area contributed by atoms with Gasteiger partial charge >= 0.3 is 253 Å². The molecule has 0 saturated carbocycles. The third-order valence-electron chi connectivity index (χ3n) is 8.78. The second-order valence-electron chi connectivity index (χ2n) is 11.1. The number of halogens is 2. The molecule has 0 spiro atoms. The van der Waals surface area contributed by atoms with Gasteiger partial charge in [0.05, 0.1) is 0 Å². The summed E-state index contributed by atoms with van der Waals surface area (Å²) in [6.07, 6.45) is 0. The maximum atomic E-state index is 15.6. The van der Waals surface area contributed by atoms with Gasteiger partial charge in [0.25, 0.3) is 0 Å². The molecule has 0 fully saturated rings. The molecule has 0 N–H and O–H groups in total. The summed E-state index contributed by atoms with van der Waals surface area (Å²) in [7, 11) is 0. The van der Waals surface area contributed by atoms with Crippen molar-refractivity contribution in [3.8, 4) is 22.3 Å². The zero-order valence-corrected chi connectivity index (χ0v) is 24.6. The minimum absolute atomic E-state index is 0.137. The number of fused-ring (bicyclic) bond motifs is 7. The van der Waals surface area contributed by atoms with Crippen LogP contribution in [0.4, 0.5) is 8.78 Å². The molecule has 0 atom stereocenters. The fraction of sp³-hybridized carbons (Fsp3) is 0. The van der Waals surface area contributed by atoms with E-state index in [-0.39, 0.29) is 26.1 Å². The zero-order valence-electron chi connectivity index (χ0n) is 22.9. The molecule has 1 heterocycles. The van der Waals surface area contributed by atoms with Gasteiger partial charge < -0.3 is 0 Å². The molecule has 0 radical (unpaired) electrons. The van der Waals surface area contributed by atoms with Gasteiger partial charge in [-0.15, -0.1) is 0 Å². The summed E-state index contributed by atoms with van der Waals surface area (Å²) in [6, 6.07) is 44.6. The van der Waals surface area contributed by atoms with Crippen molar-refractivity contribution < 1.29 is 8.78 Å². The van der Waals surface area contributed by atoms with Crippen LogP contribution in [-0.2, 0) is 0 Å². The molecule has 0 aliphatic carbocycles. The molecule has 0 saturated heterocycles. The Morgan fingerprint density at radius 3 is 1.19 bits per heavy atom. The van der Waals surface area contributed by atoms with Crippen LogP contribution in [0.3, 0.4) is 0 Å². The average molecular weight is 620 g/mol. The van der Waals surface area contributed by atoms with Crippen molar-refractivity contribution in [1.29, 1.82) is 0 Å². The summed E-state index contributed by atoms with van der Waals surface area (Å²) in [5.74, 6) is -0.334. The molecule has 0 unspecified atom stereocenters. The molecule has 1 aromatic heterocycles. The second-order valence-corrected chi connectivity index (χ2v) is 13.4. The number of benzene rings is 8. The Morgan fingerprint density at radius 2 is 0.721 bits per heavy atom. The Hall–Kier alpha value is -4.82. The fourth-order valence-corrected chi connectivity index (χ4v) is 9.22. The summed E-state index contributed by atoms with van der Waals surface area (Å²) >= 11 is 0.137. The molecule has 8 aromatic carbocycles. The third-order valence-corrected chi connectivity index (χ3v) is 11.2. The standard InChI is InChI=1S/C40H22F2Se/c41-39-30-13-5-1-9-26(30)37(27-10-2-6-14-31(27)39)23-18-20-35-34(21-23)25-19-17-24(22-36(25)43-35)38-28-11-3-7-15-32(28)40(42)33-16-8-4-12-29(33)38/h1-22H. The van der Waals surface area contributed by atoms with Gasteiger partial charge in [-0.25, -0.2) is 0 Å². The summed E-state index contributed by atoms with van der Waals surface area (Å²) in [6.45, 7) is 0. The number of hydrogen-bond acceptors (Lipinski definition) is 0. The average Bonchev–Trinajstić information content (AvgIpc) is 3.42. The van der Waals surface area contributed by atoms with Crippen LogP contribution in [0.2, 0.25) is 0 Å². The van der Waals surface area contributed by atoms with Crippen molar-refractivity contribution in [1.82, 2.24) is 0 Å². The number of rotatable bonds is 2. The van der Waals surface area contributed by atoms with Gasteiger partial charge in [0.1, 0.15) is 0 Å². The summed E-state index contributed by atoms with van der Waals surface area (Å²) in [4.78, 5) is 0. The van der Waals surface area contributed by atoms with Crippen molar-refractivity contribution >= 4 is 76.9 Å². The van der Waals surface area contributed by atoms with E-state index in [9.17, 15) is 0 Å². The van der Waals surface area contributed by atoms with E-state index in [4.69, 9.17) is 0 Å². The van der Waals surface area contributed by atoms with Crippen LogP contribution in [-0.4, -0.2) is 14.5 Å². The van der Waals surface area contributed by atoms with Crippen molar-refractivity contribution in [2.75, 3.05) is 0 Å². The second kappa shape index (κ2) is 9.34. The van der Waals surface area contributed by atoms with E-state index in [0.29, 0.717) is 21.5 Å². The SMILES string of the molecule is Fc1c2ccccc2c(-c2ccc3c(c2)[se]c2ccc(-c4c5ccccc5c(F)c5ccccc45)cc23)c2ccccc12. The zero-order chi connectivity index (χ0) is 28.7. The summed E-state index contributed by atoms with van der Waals surface area (Å²) in [5, 5.41) is 8.77. The molecule has 3 heteroatoms. The van der Waals surface area contributed by atoms with Gasteiger partial charge in [-0.2, -0.15) is 0 Å². The predicted octanol–water partition coefficient (Wildman–Crippen LogP) is 11.3. The van der Waals surface area contributed by atoms with Gasteiger partial charge in [0, 0.05) is 0 Å². The van der Waals surface area contributed by atoms with Crippen LogP contribution in [0.15, 0.2) is 133 Å². The molecule has 202 valence electrons. The Kier molecular flexibility index (Phi) is 5.38. The molecular weight excluding hydrogens is 597 g/mol. The normalized spacial score (nSPS) is 12.0. The molecule has 43 heavy (non-hydrogen) atoms. The van der Waals surface area contributed by atoms with E-state index in [1.807, 2.05) is 97.1 Å². The van der Waals surface area contributed by atoms with Crippen molar-refractivity contribution in [2.45, 2.75) is 0 Å². The van der Waals surface area contributed by atoms with E-state index in [1.165, 1.54) is 19.3 Å². The van der Waals surface area contributed by atoms with E-state index in [1.54, 1.807) is 0 Å². The van der Waals surface area contributed by atoms with Crippen LogP contribution in [0, 0.1) is 11.6 Å². The van der Waals surface area contributed by atoms with Gasteiger partial charge in [0.15, 0.2) is 0 Å². The summed E-state index contributed by atoms with van der Waals surface area (Å²) in [5.41, 5.74) is 4.34. The van der Waals surface area contributed by atoms with Crippen molar-refractivity contribution in [3.63, 3.8) is 0 Å². The van der Waals surface area contributed by atoms with E-state index in [0.717, 1.165) is 43.8 Å². The first-order valence-corrected chi connectivity index (χ1v) is 16.0. The van der Waals surface area contributed by atoms with Gasteiger partial charge in [-0.05, 0) is 0 Å². The monoisotopic (exact) mass is 620 g/mol. The van der Waals surface area contributed by atoms with Gasteiger partial charge in [0.2, 0.25) is 0 Å².